The third-order valence-electron chi connectivity index (χ3n) is 4.35. The molecular weight excluding hydrogens is 340 g/mol. The van der Waals surface area contributed by atoms with E-state index in [1.807, 2.05) is 42.5 Å². The third-order valence-corrected chi connectivity index (χ3v) is 4.35. The van der Waals surface area contributed by atoms with Gasteiger partial charge in [0.05, 0.1) is 17.8 Å². The molecule has 27 heavy (non-hydrogen) atoms. The lowest BCUT2D eigenvalue weighted by Gasteiger charge is -2.09. The SMILES string of the molecule is Nc1nccc(-c2cc(CCCOc3ccccc3)c3c(N)n[nH]c3c2)n1. The molecule has 2 heterocycles. The first-order valence-corrected chi connectivity index (χ1v) is 8.74. The number of ether oxygens (including phenoxy) is 1. The van der Waals surface area contributed by atoms with Crippen LogP contribution in [0.2, 0.25) is 0 Å². The van der Waals surface area contributed by atoms with E-state index >= 15 is 0 Å². The summed E-state index contributed by atoms with van der Waals surface area (Å²) >= 11 is 0. The number of nitrogens with one attached hydrogen (secondary N) is 1. The summed E-state index contributed by atoms with van der Waals surface area (Å²) in [4.78, 5) is 8.26. The van der Waals surface area contributed by atoms with E-state index in [1.54, 1.807) is 6.20 Å². The molecule has 0 aliphatic carbocycles. The number of hydrogen-bond acceptors (Lipinski definition) is 6. The topological polar surface area (TPSA) is 116 Å². The number of nitrogen functional groups attached to an aromatic ring is 2. The van der Waals surface area contributed by atoms with Crippen LogP contribution in [-0.2, 0) is 6.42 Å². The summed E-state index contributed by atoms with van der Waals surface area (Å²) in [5.41, 5.74) is 15.5. The van der Waals surface area contributed by atoms with Crippen molar-refractivity contribution in [3.05, 3.63) is 60.3 Å². The molecule has 7 nitrogen and oxygen atoms in total. The number of aromatic nitrogens is 4. The Morgan fingerprint density at radius 3 is 2.70 bits per heavy atom. The van der Waals surface area contributed by atoms with Crippen molar-refractivity contribution < 1.29 is 4.74 Å². The van der Waals surface area contributed by atoms with Crippen molar-refractivity contribution in [3.63, 3.8) is 0 Å². The zero-order valence-corrected chi connectivity index (χ0v) is 14.7. The van der Waals surface area contributed by atoms with Gasteiger partial charge in [0.25, 0.3) is 0 Å². The van der Waals surface area contributed by atoms with E-state index in [-0.39, 0.29) is 5.95 Å². The summed E-state index contributed by atoms with van der Waals surface area (Å²) in [5.74, 6) is 1.61. The molecule has 5 N–H and O–H groups in total. The lowest BCUT2D eigenvalue weighted by Crippen LogP contribution is -2.01. The summed E-state index contributed by atoms with van der Waals surface area (Å²) in [5, 5.41) is 8.08. The van der Waals surface area contributed by atoms with Gasteiger partial charge in [-0.1, -0.05) is 18.2 Å². The molecule has 0 aliphatic rings. The second-order valence-electron chi connectivity index (χ2n) is 6.23. The molecule has 0 aliphatic heterocycles. The first kappa shape index (κ1) is 16.8. The van der Waals surface area contributed by atoms with Crippen LogP contribution in [0.15, 0.2) is 54.7 Å². The van der Waals surface area contributed by atoms with Crippen LogP contribution in [0.3, 0.4) is 0 Å². The maximum atomic E-state index is 6.07. The highest BCUT2D eigenvalue weighted by Crippen LogP contribution is 2.30. The average Bonchev–Trinajstić information content (AvgIpc) is 3.07. The Labute approximate surface area is 156 Å². The maximum absolute atomic E-state index is 6.07. The van der Waals surface area contributed by atoms with Crippen molar-refractivity contribution >= 4 is 22.7 Å². The fraction of sp³-hybridized carbons (Fsp3) is 0.150. The minimum atomic E-state index is 0.245. The number of nitrogens with zero attached hydrogens (tertiary/aromatic N) is 3. The second-order valence-corrected chi connectivity index (χ2v) is 6.23. The van der Waals surface area contributed by atoms with Crippen LogP contribution >= 0.6 is 0 Å². The second kappa shape index (κ2) is 7.33. The maximum Gasteiger partial charge on any atom is 0.220 e. The molecule has 136 valence electrons. The Hall–Kier alpha value is -3.61. The van der Waals surface area contributed by atoms with Gasteiger partial charge in [-0.15, -0.1) is 0 Å². The van der Waals surface area contributed by atoms with Gasteiger partial charge in [0.1, 0.15) is 5.75 Å². The van der Waals surface area contributed by atoms with Crippen LogP contribution in [0.25, 0.3) is 22.2 Å². The van der Waals surface area contributed by atoms with Gasteiger partial charge >= 0.3 is 0 Å². The Morgan fingerprint density at radius 1 is 1.04 bits per heavy atom. The molecule has 0 saturated heterocycles. The monoisotopic (exact) mass is 360 g/mol. The van der Waals surface area contributed by atoms with E-state index < -0.39 is 0 Å². The number of nitrogens with two attached hydrogens (primary N) is 2. The molecule has 7 heteroatoms. The van der Waals surface area contributed by atoms with E-state index in [0.717, 1.165) is 46.3 Å². The summed E-state index contributed by atoms with van der Waals surface area (Å²) in [6.07, 6.45) is 3.31. The summed E-state index contributed by atoms with van der Waals surface area (Å²) in [7, 11) is 0. The zero-order chi connectivity index (χ0) is 18.6. The molecule has 0 bridgehead atoms. The van der Waals surface area contributed by atoms with Crippen molar-refractivity contribution in [2.75, 3.05) is 18.1 Å². The van der Waals surface area contributed by atoms with Gasteiger partial charge in [0, 0.05) is 17.1 Å². The van der Waals surface area contributed by atoms with Crippen molar-refractivity contribution in [1.82, 2.24) is 20.2 Å². The van der Waals surface area contributed by atoms with Crippen molar-refractivity contribution in [3.8, 4) is 17.0 Å². The molecule has 0 radical (unpaired) electrons. The lowest BCUT2D eigenvalue weighted by molar-refractivity contribution is 0.311. The van der Waals surface area contributed by atoms with E-state index in [1.165, 1.54) is 0 Å². The van der Waals surface area contributed by atoms with Crippen molar-refractivity contribution in [2.24, 2.45) is 0 Å². The average molecular weight is 360 g/mol. The number of benzene rings is 2. The van der Waals surface area contributed by atoms with Gasteiger partial charge in [-0.3, -0.25) is 5.10 Å². The lowest BCUT2D eigenvalue weighted by atomic mass is 10.00. The van der Waals surface area contributed by atoms with E-state index in [4.69, 9.17) is 16.2 Å². The normalized spacial score (nSPS) is 11.0. The van der Waals surface area contributed by atoms with E-state index in [2.05, 4.69) is 26.2 Å². The number of rotatable bonds is 6. The van der Waals surface area contributed by atoms with Crippen LogP contribution in [0.4, 0.5) is 11.8 Å². The Morgan fingerprint density at radius 2 is 1.89 bits per heavy atom. The Bertz CT molecular complexity index is 1060. The number of H-pyrrole nitrogens is 1. The summed E-state index contributed by atoms with van der Waals surface area (Å²) in [6.45, 7) is 0.619. The number of fused-ring (bicyclic) bond motifs is 1. The van der Waals surface area contributed by atoms with Gasteiger partial charge < -0.3 is 16.2 Å². The van der Waals surface area contributed by atoms with Gasteiger partial charge in [0.2, 0.25) is 5.95 Å². The number of anilines is 2. The van der Waals surface area contributed by atoms with E-state index in [0.29, 0.717) is 12.4 Å². The molecule has 0 fully saturated rings. The fourth-order valence-corrected chi connectivity index (χ4v) is 3.12. The standard InChI is InChI=1S/C20H20N6O/c21-19-18-13(5-4-10-27-15-6-2-1-3-7-15)11-14(12-17(18)25-26-19)16-8-9-23-20(22)24-16/h1-3,6-9,11-12H,4-5,10H2,(H3,21,25,26)(H2,22,23,24). The summed E-state index contributed by atoms with van der Waals surface area (Å²) in [6, 6.07) is 15.7. The van der Waals surface area contributed by atoms with Gasteiger partial charge in [-0.05, 0) is 48.7 Å². The minimum Gasteiger partial charge on any atom is -0.494 e. The minimum absolute atomic E-state index is 0.245. The van der Waals surface area contributed by atoms with Crippen LogP contribution in [0, 0.1) is 0 Å². The highest BCUT2D eigenvalue weighted by molar-refractivity contribution is 5.94. The fourth-order valence-electron chi connectivity index (χ4n) is 3.12. The first-order chi connectivity index (χ1) is 13.2. The third kappa shape index (κ3) is 3.67. The Balaban J connectivity index is 1.57. The molecule has 0 spiro atoms. The molecule has 0 saturated carbocycles. The van der Waals surface area contributed by atoms with Crippen molar-refractivity contribution in [1.29, 1.82) is 0 Å². The number of para-hydroxylation sites is 1. The van der Waals surface area contributed by atoms with Gasteiger partial charge in [-0.2, -0.15) is 5.10 Å². The number of aryl methyl sites for hydroxylation is 1. The predicted octanol–water partition coefficient (Wildman–Crippen LogP) is 3.20. The Kier molecular flexibility index (Phi) is 4.57. The molecule has 2 aromatic carbocycles. The zero-order valence-electron chi connectivity index (χ0n) is 14.7. The smallest absolute Gasteiger partial charge is 0.220 e. The molecule has 0 amide bonds. The quantitative estimate of drug-likeness (QED) is 0.455. The van der Waals surface area contributed by atoms with E-state index in [9.17, 15) is 0 Å². The van der Waals surface area contributed by atoms with Crippen LogP contribution < -0.4 is 16.2 Å². The van der Waals surface area contributed by atoms with Gasteiger partial charge in [0.15, 0.2) is 5.82 Å². The molecule has 0 atom stereocenters. The molecular formula is C20H20N6O. The predicted molar refractivity (Wildman–Crippen MR) is 106 cm³/mol. The largest absolute Gasteiger partial charge is 0.494 e. The highest BCUT2D eigenvalue weighted by atomic mass is 16.5. The first-order valence-electron chi connectivity index (χ1n) is 8.74. The van der Waals surface area contributed by atoms with Crippen LogP contribution in [0.1, 0.15) is 12.0 Å². The van der Waals surface area contributed by atoms with Gasteiger partial charge in [-0.25, -0.2) is 9.97 Å². The summed E-state index contributed by atoms with van der Waals surface area (Å²) < 4.78 is 5.79. The van der Waals surface area contributed by atoms with Crippen LogP contribution in [-0.4, -0.2) is 26.8 Å². The van der Waals surface area contributed by atoms with Crippen LogP contribution in [0.5, 0.6) is 5.75 Å². The number of aromatic amines is 1. The molecule has 4 rings (SSSR count). The molecule has 2 aromatic heterocycles. The number of hydrogen-bond donors (Lipinski definition) is 3. The van der Waals surface area contributed by atoms with Crippen molar-refractivity contribution in [2.45, 2.75) is 12.8 Å². The highest BCUT2D eigenvalue weighted by Gasteiger charge is 2.12. The molecule has 4 aromatic rings. The molecule has 0 unspecified atom stereocenters.